The Bertz CT molecular complexity index is 302. The maximum absolute atomic E-state index is 5.73. The summed E-state index contributed by atoms with van der Waals surface area (Å²) in [5.41, 5.74) is 0. The molecule has 1 saturated carbocycles. The Balaban J connectivity index is 1.48. The van der Waals surface area contributed by atoms with Gasteiger partial charge in [0.1, 0.15) is 0 Å². The molecule has 3 aliphatic rings. The van der Waals surface area contributed by atoms with Crippen LogP contribution in [-0.2, 0) is 9.47 Å². The maximum atomic E-state index is 5.73. The molecule has 0 aromatic heterocycles. The normalized spacial score (nSPS) is 27.9. The van der Waals surface area contributed by atoms with Crippen LogP contribution >= 0.6 is 12.2 Å². The monoisotopic (exact) mass is 270 g/mol. The number of piperidine rings is 1. The predicted octanol–water partition coefficient (Wildman–Crippen LogP) is 1.64. The lowest BCUT2D eigenvalue weighted by atomic mass is 10.0. The molecule has 0 unspecified atom stereocenters. The van der Waals surface area contributed by atoms with Crippen molar-refractivity contribution in [1.82, 2.24) is 10.2 Å². The summed E-state index contributed by atoms with van der Waals surface area (Å²) < 4.78 is 11.5. The van der Waals surface area contributed by atoms with Crippen LogP contribution in [-0.4, -0.2) is 48.1 Å². The van der Waals surface area contributed by atoms with E-state index in [0.717, 1.165) is 44.3 Å². The molecule has 5 heteroatoms. The van der Waals surface area contributed by atoms with Crippen molar-refractivity contribution < 1.29 is 9.47 Å². The SMILES string of the molecule is S=C(NC1CCCC1)N1CCC2(CC1)OCCO2. The van der Waals surface area contributed by atoms with Gasteiger partial charge in [0.05, 0.1) is 13.2 Å². The van der Waals surface area contributed by atoms with Gasteiger partial charge in [0, 0.05) is 32.0 Å². The zero-order valence-electron chi connectivity index (χ0n) is 10.8. The van der Waals surface area contributed by atoms with Crippen LogP contribution in [0.3, 0.4) is 0 Å². The number of hydrogen-bond acceptors (Lipinski definition) is 3. The van der Waals surface area contributed by atoms with Gasteiger partial charge in [-0.05, 0) is 25.1 Å². The summed E-state index contributed by atoms with van der Waals surface area (Å²) in [4.78, 5) is 2.27. The fourth-order valence-electron chi connectivity index (χ4n) is 3.17. The average Bonchev–Trinajstić information content (AvgIpc) is 3.03. The van der Waals surface area contributed by atoms with Gasteiger partial charge in [-0.15, -0.1) is 0 Å². The number of nitrogens with one attached hydrogen (secondary N) is 1. The fraction of sp³-hybridized carbons (Fsp3) is 0.923. The Morgan fingerprint density at radius 1 is 1.11 bits per heavy atom. The second kappa shape index (κ2) is 5.31. The quantitative estimate of drug-likeness (QED) is 0.733. The summed E-state index contributed by atoms with van der Waals surface area (Å²) in [7, 11) is 0. The van der Waals surface area contributed by atoms with Crippen molar-refractivity contribution in [1.29, 1.82) is 0 Å². The van der Waals surface area contributed by atoms with E-state index >= 15 is 0 Å². The van der Waals surface area contributed by atoms with Gasteiger partial charge in [0.15, 0.2) is 10.9 Å². The zero-order valence-corrected chi connectivity index (χ0v) is 11.6. The second-order valence-electron chi connectivity index (χ2n) is 5.53. The topological polar surface area (TPSA) is 33.7 Å². The number of ether oxygens (including phenoxy) is 2. The molecular weight excluding hydrogens is 248 g/mol. The van der Waals surface area contributed by atoms with Gasteiger partial charge in [-0.1, -0.05) is 12.8 Å². The molecule has 4 nitrogen and oxygen atoms in total. The molecule has 0 aromatic rings. The van der Waals surface area contributed by atoms with E-state index in [9.17, 15) is 0 Å². The fourth-order valence-corrected chi connectivity index (χ4v) is 3.52. The van der Waals surface area contributed by atoms with Crippen molar-refractivity contribution in [2.45, 2.75) is 50.4 Å². The van der Waals surface area contributed by atoms with Crippen molar-refractivity contribution in [3.63, 3.8) is 0 Å². The van der Waals surface area contributed by atoms with Gasteiger partial charge >= 0.3 is 0 Å². The summed E-state index contributed by atoms with van der Waals surface area (Å²) in [5.74, 6) is -0.292. The minimum absolute atomic E-state index is 0.292. The van der Waals surface area contributed by atoms with E-state index in [4.69, 9.17) is 21.7 Å². The molecule has 0 bridgehead atoms. The summed E-state index contributed by atoms with van der Waals surface area (Å²) >= 11 is 5.51. The van der Waals surface area contributed by atoms with Crippen LogP contribution in [0.25, 0.3) is 0 Å². The number of hydrogen-bond donors (Lipinski definition) is 1. The van der Waals surface area contributed by atoms with Crippen LogP contribution in [0.5, 0.6) is 0 Å². The smallest absolute Gasteiger partial charge is 0.171 e. The van der Waals surface area contributed by atoms with E-state index in [1.54, 1.807) is 0 Å². The highest BCUT2D eigenvalue weighted by Gasteiger charge is 2.40. The average molecular weight is 270 g/mol. The van der Waals surface area contributed by atoms with E-state index < -0.39 is 0 Å². The molecule has 1 N–H and O–H groups in total. The summed E-state index contributed by atoms with van der Waals surface area (Å²) in [5, 5.41) is 4.43. The third-order valence-corrected chi connectivity index (χ3v) is 4.68. The molecular formula is C13H22N2O2S. The molecule has 18 heavy (non-hydrogen) atoms. The van der Waals surface area contributed by atoms with E-state index in [2.05, 4.69) is 10.2 Å². The molecule has 1 aliphatic carbocycles. The van der Waals surface area contributed by atoms with Crippen molar-refractivity contribution in [2.24, 2.45) is 0 Å². The third kappa shape index (κ3) is 2.63. The number of rotatable bonds is 1. The third-order valence-electron chi connectivity index (χ3n) is 4.31. The summed E-state index contributed by atoms with van der Waals surface area (Å²) in [6.45, 7) is 3.37. The molecule has 0 radical (unpaired) electrons. The molecule has 102 valence electrons. The highest BCUT2D eigenvalue weighted by atomic mass is 32.1. The zero-order chi connectivity index (χ0) is 12.4. The standard InChI is InChI=1S/C13H22N2O2S/c18-12(14-11-3-1-2-4-11)15-7-5-13(6-8-15)16-9-10-17-13/h11H,1-10H2,(H,14,18). The van der Waals surface area contributed by atoms with E-state index in [-0.39, 0.29) is 5.79 Å². The molecule has 2 aliphatic heterocycles. The van der Waals surface area contributed by atoms with Gasteiger partial charge in [0.2, 0.25) is 0 Å². The first-order valence-electron chi connectivity index (χ1n) is 7.11. The molecule has 0 atom stereocenters. The van der Waals surface area contributed by atoms with Gasteiger partial charge in [-0.25, -0.2) is 0 Å². The predicted molar refractivity (Wildman–Crippen MR) is 73.4 cm³/mol. The molecule has 0 amide bonds. The maximum Gasteiger partial charge on any atom is 0.171 e. The van der Waals surface area contributed by atoms with Crippen LogP contribution in [0, 0.1) is 0 Å². The summed E-state index contributed by atoms with van der Waals surface area (Å²) in [6.07, 6.45) is 7.07. The summed E-state index contributed by atoms with van der Waals surface area (Å²) in [6, 6.07) is 0.604. The number of thiocarbonyl (C=S) groups is 1. The molecule has 3 rings (SSSR count). The molecule has 2 saturated heterocycles. The van der Waals surface area contributed by atoms with Crippen molar-refractivity contribution in [2.75, 3.05) is 26.3 Å². The van der Waals surface area contributed by atoms with Crippen LogP contribution in [0.4, 0.5) is 0 Å². The Labute approximate surface area is 114 Å². The minimum atomic E-state index is -0.292. The van der Waals surface area contributed by atoms with Crippen LogP contribution in [0.15, 0.2) is 0 Å². The van der Waals surface area contributed by atoms with Gasteiger partial charge < -0.3 is 19.7 Å². The Morgan fingerprint density at radius 3 is 2.33 bits per heavy atom. The first-order valence-corrected chi connectivity index (χ1v) is 7.52. The Hall–Kier alpha value is -0.390. The first-order chi connectivity index (χ1) is 8.77. The van der Waals surface area contributed by atoms with Crippen molar-refractivity contribution in [3.8, 4) is 0 Å². The largest absolute Gasteiger partial charge is 0.360 e. The van der Waals surface area contributed by atoms with Crippen LogP contribution in [0.1, 0.15) is 38.5 Å². The molecule has 3 fully saturated rings. The van der Waals surface area contributed by atoms with Crippen LogP contribution in [0.2, 0.25) is 0 Å². The second-order valence-corrected chi connectivity index (χ2v) is 5.91. The lowest BCUT2D eigenvalue weighted by Crippen LogP contribution is -2.51. The van der Waals surface area contributed by atoms with Crippen molar-refractivity contribution in [3.05, 3.63) is 0 Å². The Morgan fingerprint density at radius 2 is 1.72 bits per heavy atom. The molecule has 2 heterocycles. The Kier molecular flexibility index (Phi) is 3.73. The number of likely N-dealkylation sites (tertiary alicyclic amines) is 1. The van der Waals surface area contributed by atoms with Gasteiger partial charge in [-0.2, -0.15) is 0 Å². The van der Waals surface area contributed by atoms with E-state index in [0.29, 0.717) is 6.04 Å². The van der Waals surface area contributed by atoms with Gasteiger partial charge in [-0.3, -0.25) is 0 Å². The lowest BCUT2D eigenvalue weighted by molar-refractivity contribution is -0.180. The van der Waals surface area contributed by atoms with Crippen molar-refractivity contribution >= 4 is 17.3 Å². The highest BCUT2D eigenvalue weighted by molar-refractivity contribution is 7.80. The first kappa shape index (κ1) is 12.6. The minimum Gasteiger partial charge on any atom is -0.360 e. The van der Waals surface area contributed by atoms with Gasteiger partial charge in [0.25, 0.3) is 0 Å². The highest BCUT2D eigenvalue weighted by Crippen LogP contribution is 2.31. The van der Waals surface area contributed by atoms with Crippen LogP contribution < -0.4 is 5.32 Å². The molecule has 0 aromatic carbocycles. The molecule has 1 spiro atoms. The lowest BCUT2D eigenvalue weighted by Gasteiger charge is -2.39. The van der Waals surface area contributed by atoms with E-state index in [1.807, 2.05) is 0 Å². The van der Waals surface area contributed by atoms with E-state index in [1.165, 1.54) is 25.7 Å². The number of nitrogens with zero attached hydrogens (tertiary/aromatic N) is 1.